The van der Waals surface area contributed by atoms with Crippen LogP contribution in [0.5, 0.6) is 0 Å². The van der Waals surface area contributed by atoms with Crippen LogP contribution >= 0.6 is 0 Å². The molecule has 1 N–H and O–H groups in total. The van der Waals surface area contributed by atoms with E-state index in [-0.39, 0.29) is 6.04 Å². The zero-order chi connectivity index (χ0) is 17.0. The van der Waals surface area contributed by atoms with Gasteiger partial charge in [-0.15, -0.1) is 0 Å². The fraction of sp³-hybridized carbons (Fsp3) is 0.588. The van der Waals surface area contributed by atoms with Crippen molar-refractivity contribution in [2.75, 3.05) is 18.4 Å². The Morgan fingerprint density at radius 3 is 2.70 bits per heavy atom. The Labute approximate surface area is 134 Å². The van der Waals surface area contributed by atoms with Crippen molar-refractivity contribution < 1.29 is 18.0 Å². The number of alkyl halides is 3. The van der Waals surface area contributed by atoms with E-state index in [1.807, 2.05) is 26.0 Å². The largest absolute Gasteiger partial charge is 0.389 e. The van der Waals surface area contributed by atoms with Gasteiger partial charge in [0.1, 0.15) is 0 Å². The van der Waals surface area contributed by atoms with Gasteiger partial charge in [-0.3, -0.25) is 4.79 Å². The van der Waals surface area contributed by atoms with Crippen LogP contribution in [0.2, 0.25) is 0 Å². The second kappa shape index (κ2) is 7.23. The molecule has 0 bridgehead atoms. The molecule has 3 nitrogen and oxygen atoms in total. The first-order chi connectivity index (χ1) is 10.7. The standard InChI is InChI=1S/C17H23F3N2O/c1-12-5-6-14(10-13(12)2)21-15-4-3-9-22(11-15)16(23)7-8-17(18,19)20/h5-6,10,15,21H,3-4,7-9,11H2,1-2H3/t15-/m0/s1. The van der Waals surface area contributed by atoms with Gasteiger partial charge in [0.25, 0.3) is 0 Å². The number of anilines is 1. The molecule has 0 aromatic heterocycles. The first-order valence-electron chi connectivity index (χ1n) is 7.93. The lowest BCUT2D eigenvalue weighted by Crippen LogP contribution is -2.45. The number of hydrogen-bond donors (Lipinski definition) is 1. The number of likely N-dealkylation sites (tertiary alicyclic amines) is 1. The summed E-state index contributed by atoms with van der Waals surface area (Å²) in [5.41, 5.74) is 3.38. The van der Waals surface area contributed by atoms with Gasteiger partial charge in [-0.25, -0.2) is 0 Å². The number of hydrogen-bond acceptors (Lipinski definition) is 2. The average Bonchev–Trinajstić information content (AvgIpc) is 2.48. The van der Waals surface area contributed by atoms with Crippen LogP contribution in [0.15, 0.2) is 18.2 Å². The van der Waals surface area contributed by atoms with Crippen LogP contribution in [0.25, 0.3) is 0 Å². The number of carbonyl (C=O) groups is 1. The van der Waals surface area contributed by atoms with Gasteiger partial charge >= 0.3 is 6.18 Å². The highest BCUT2D eigenvalue weighted by Gasteiger charge is 2.30. The lowest BCUT2D eigenvalue weighted by atomic mass is 10.0. The van der Waals surface area contributed by atoms with E-state index >= 15 is 0 Å². The Balaban J connectivity index is 1.90. The fourth-order valence-electron chi connectivity index (χ4n) is 2.80. The maximum absolute atomic E-state index is 12.2. The molecule has 0 radical (unpaired) electrons. The molecule has 2 rings (SSSR count). The van der Waals surface area contributed by atoms with Gasteiger partial charge in [0.05, 0.1) is 6.42 Å². The Bertz CT molecular complexity index is 557. The second-order valence-corrected chi connectivity index (χ2v) is 6.24. The summed E-state index contributed by atoms with van der Waals surface area (Å²) in [5, 5.41) is 3.39. The number of rotatable bonds is 4. The van der Waals surface area contributed by atoms with Gasteiger partial charge in [0.15, 0.2) is 0 Å². The van der Waals surface area contributed by atoms with E-state index in [1.165, 1.54) is 11.1 Å². The number of halogens is 3. The number of nitrogens with one attached hydrogen (secondary N) is 1. The van der Waals surface area contributed by atoms with E-state index in [0.29, 0.717) is 13.1 Å². The molecule has 1 aliphatic rings. The summed E-state index contributed by atoms with van der Waals surface area (Å²) in [6.07, 6.45) is -4.06. The molecule has 1 heterocycles. The van der Waals surface area contributed by atoms with Crippen molar-refractivity contribution in [2.45, 2.75) is 51.7 Å². The molecule has 0 spiro atoms. The third kappa shape index (κ3) is 5.44. The normalized spacial score (nSPS) is 18.8. The first kappa shape index (κ1) is 17.6. The van der Waals surface area contributed by atoms with E-state index < -0.39 is 24.9 Å². The van der Waals surface area contributed by atoms with E-state index in [4.69, 9.17) is 0 Å². The molecule has 1 aromatic rings. The SMILES string of the molecule is Cc1ccc(N[C@H]2CCCN(C(=O)CCC(F)(F)F)C2)cc1C. The summed E-state index contributed by atoms with van der Waals surface area (Å²) in [6, 6.07) is 6.17. The van der Waals surface area contributed by atoms with Crippen LogP contribution in [0, 0.1) is 13.8 Å². The monoisotopic (exact) mass is 328 g/mol. The van der Waals surface area contributed by atoms with Crippen LogP contribution in [-0.4, -0.2) is 36.1 Å². The zero-order valence-electron chi connectivity index (χ0n) is 13.5. The smallest absolute Gasteiger partial charge is 0.381 e. The number of nitrogens with zero attached hydrogens (tertiary/aromatic N) is 1. The third-order valence-electron chi connectivity index (χ3n) is 4.27. The van der Waals surface area contributed by atoms with Gasteiger partial charge < -0.3 is 10.2 Å². The molecule has 1 amide bonds. The highest BCUT2D eigenvalue weighted by Crippen LogP contribution is 2.23. The maximum atomic E-state index is 12.2. The topological polar surface area (TPSA) is 32.3 Å². The van der Waals surface area contributed by atoms with Crippen LogP contribution < -0.4 is 5.32 Å². The Hall–Kier alpha value is -1.72. The van der Waals surface area contributed by atoms with Gasteiger partial charge in [-0.2, -0.15) is 13.2 Å². The number of piperidine rings is 1. The number of benzene rings is 1. The van der Waals surface area contributed by atoms with Crippen LogP contribution in [0.3, 0.4) is 0 Å². The van der Waals surface area contributed by atoms with E-state index in [0.717, 1.165) is 18.5 Å². The molecule has 128 valence electrons. The van der Waals surface area contributed by atoms with Crippen molar-refractivity contribution in [3.63, 3.8) is 0 Å². The second-order valence-electron chi connectivity index (χ2n) is 6.24. The van der Waals surface area contributed by atoms with Gasteiger partial charge in [-0.1, -0.05) is 6.07 Å². The van der Waals surface area contributed by atoms with Crippen molar-refractivity contribution in [1.82, 2.24) is 4.90 Å². The predicted molar refractivity (Wildman–Crippen MR) is 84.4 cm³/mol. The van der Waals surface area contributed by atoms with Crippen molar-refractivity contribution >= 4 is 11.6 Å². The lowest BCUT2D eigenvalue weighted by Gasteiger charge is -2.34. The molecule has 1 fully saturated rings. The molecular formula is C17H23F3N2O. The molecule has 1 atom stereocenters. The predicted octanol–water partition coefficient (Wildman–Crippen LogP) is 4.05. The third-order valence-corrected chi connectivity index (χ3v) is 4.27. The van der Waals surface area contributed by atoms with Crippen LogP contribution in [0.1, 0.15) is 36.8 Å². The summed E-state index contributed by atoms with van der Waals surface area (Å²) >= 11 is 0. The first-order valence-corrected chi connectivity index (χ1v) is 7.93. The quantitative estimate of drug-likeness (QED) is 0.904. The lowest BCUT2D eigenvalue weighted by molar-refractivity contribution is -0.149. The minimum atomic E-state index is -4.28. The van der Waals surface area contributed by atoms with Crippen LogP contribution in [-0.2, 0) is 4.79 Å². The summed E-state index contributed by atoms with van der Waals surface area (Å²) < 4.78 is 36.7. The molecule has 0 saturated carbocycles. The Morgan fingerprint density at radius 1 is 1.30 bits per heavy atom. The van der Waals surface area contributed by atoms with Crippen molar-refractivity contribution in [3.8, 4) is 0 Å². The van der Waals surface area contributed by atoms with Gasteiger partial charge in [0.2, 0.25) is 5.91 Å². The van der Waals surface area contributed by atoms with E-state index in [9.17, 15) is 18.0 Å². The van der Waals surface area contributed by atoms with E-state index in [1.54, 1.807) is 4.90 Å². The highest BCUT2D eigenvalue weighted by atomic mass is 19.4. The van der Waals surface area contributed by atoms with Gasteiger partial charge in [0, 0.05) is 31.2 Å². The van der Waals surface area contributed by atoms with Crippen molar-refractivity contribution in [1.29, 1.82) is 0 Å². The average molecular weight is 328 g/mol. The van der Waals surface area contributed by atoms with Gasteiger partial charge in [-0.05, 0) is 49.9 Å². The van der Waals surface area contributed by atoms with Crippen molar-refractivity contribution in [2.24, 2.45) is 0 Å². The summed E-state index contributed by atoms with van der Waals surface area (Å²) in [5.74, 6) is -0.408. The summed E-state index contributed by atoms with van der Waals surface area (Å²) in [7, 11) is 0. The highest BCUT2D eigenvalue weighted by molar-refractivity contribution is 5.76. The van der Waals surface area contributed by atoms with Crippen LogP contribution in [0.4, 0.5) is 18.9 Å². The minimum absolute atomic E-state index is 0.0840. The molecule has 0 aliphatic carbocycles. The Morgan fingerprint density at radius 2 is 2.04 bits per heavy atom. The molecule has 0 unspecified atom stereocenters. The zero-order valence-corrected chi connectivity index (χ0v) is 13.5. The molecule has 23 heavy (non-hydrogen) atoms. The fourth-order valence-corrected chi connectivity index (χ4v) is 2.80. The summed E-state index contributed by atoms with van der Waals surface area (Å²) in [4.78, 5) is 13.5. The summed E-state index contributed by atoms with van der Waals surface area (Å²) in [6.45, 7) is 5.08. The van der Waals surface area contributed by atoms with Crippen molar-refractivity contribution in [3.05, 3.63) is 29.3 Å². The van der Waals surface area contributed by atoms with E-state index in [2.05, 4.69) is 11.4 Å². The number of carbonyl (C=O) groups excluding carboxylic acids is 1. The molecule has 6 heteroatoms. The molecular weight excluding hydrogens is 305 g/mol. The maximum Gasteiger partial charge on any atom is 0.389 e. The molecule has 1 aromatic carbocycles. The minimum Gasteiger partial charge on any atom is -0.381 e. The number of amides is 1. The molecule has 1 saturated heterocycles. The Kier molecular flexibility index (Phi) is 5.55. The number of aryl methyl sites for hydroxylation is 2. The molecule has 1 aliphatic heterocycles.